The molecule has 0 bridgehead atoms. The Bertz CT molecular complexity index is 588. The Morgan fingerprint density at radius 2 is 1.95 bits per heavy atom. The van der Waals surface area contributed by atoms with Gasteiger partial charge in [0, 0.05) is 19.1 Å². The molecule has 0 radical (unpaired) electrons. The van der Waals surface area contributed by atoms with E-state index in [1.54, 1.807) is 0 Å². The fourth-order valence-corrected chi connectivity index (χ4v) is 2.88. The van der Waals surface area contributed by atoms with Gasteiger partial charge in [0.2, 0.25) is 10.0 Å². The van der Waals surface area contributed by atoms with E-state index in [1.165, 1.54) is 0 Å². The lowest BCUT2D eigenvalue weighted by molar-refractivity contribution is -0.137. The van der Waals surface area contributed by atoms with Gasteiger partial charge in [0.25, 0.3) is 0 Å². The van der Waals surface area contributed by atoms with Crippen molar-refractivity contribution in [3.8, 4) is 0 Å². The highest BCUT2D eigenvalue weighted by molar-refractivity contribution is 7.89. The van der Waals surface area contributed by atoms with E-state index >= 15 is 0 Å². The zero-order valence-corrected chi connectivity index (χ0v) is 13.6. The fourth-order valence-electron chi connectivity index (χ4n) is 1.81. The molecule has 0 saturated carbocycles. The van der Waals surface area contributed by atoms with Crippen molar-refractivity contribution in [3.63, 3.8) is 0 Å². The van der Waals surface area contributed by atoms with Gasteiger partial charge < -0.3 is 4.90 Å². The lowest BCUT2D eigenvalue weighted by Crippen LogP contribution is -2.37. The maximum Gasteiger partial charge on any atom is 0.416 e. The Balaban J connectivity index is 2.75. The van der Waals surface area contributed by atoms with Crippen molar-refractivity contribution >= 4 is 10.0 Å². The summed E-state index contributed by atoms with van der Waals surface area (Å²) in [4.78, 5) is 1.60. The largest absolute Gasteiger partial charge is 0.416 e. The second-order valence-corrected chi connectivity index (χ2v) is 6.93. The molecular weight excluding hydrogens is 317 g/mol. The van der Waals surface area contributed by atoms with E-state index in [2.05, 4.69) is 4.72 Å². The molecule has 0 heterocycles. The number of alkyl halides is 3. The number of nitrogens with one attached hydrogen (secondary N) is 1. The Morgan fingerprint density at radius 3 is 2.50 bits per heavy atom. The molecule has 0 saturated heterocycles. The standard InChI is InChI=1S/C14H21F3N2O2S/c1-4-11(2)19(3)9-8-18-22(20,21)13-7-5-6-12(10-13)14(15,16)17/h5-7,10-11,18H,4,8-9H2,1-3H3. The van der Waals surface area contributed by atoms with Crippen molar-refractivity contribution in [1.82, 2.24) is 9.62 Å². The number of hydrogen-bond acceptors (Lipinski definition) is 3. The van der Waals surface area contributed by atoms with Crippen molar-refractivity contribution in [1.29, 1.82) is 0 Å². The molecule has 0 aliphatic rings. The molecule has 8 heteroatoms. The summed E-state index contributed by atoms with van der Waals surface area (Å²) < 4.78 is 64.3. The average Bonchev–Trinajstić information content (AvgIpc) is 2.45. The molecule has 1 aromatic rings. The van der Waals surface area contributed by atoms with Crippen LogP contribution in [0.1, 0.15) is 25.8 Å². The number of likely N-dealkylation sites (N-methyl/N-ethyl adjacent to an activating group) is 1. The lowest BCUT2D eigenvalue weighted by atomic mass is 10.2. The predicted octanol–water partition coefficient (Wildman–Crippen LogP) is 2.71. The molecule has 0 fully saturated rings. The van der Waals surface area contributed by atoms with E-state index in [9.17, 15) is 21.6 Å². The number of sulfonamides is 1. The molecule has 1 N–H and O–H groups in total. The third-order valence-electron chi connectivity index (χ3n) is 3.57. The highest BCUT2D eigenvalue weighted by Crippen LogP contribution is 2.30. The van der Waals surface area contributed by atoms with Gasteiger partial charge >= 0.3 is 6.18 Å². The van der Waals surface area contributed by atoms with Crippen molar-refractivity contribution in [2.45, 2.75) is 37.4 Å². The molecule has 1 aromatic carbocycles. The van der Waals surface area contributed by atoms with Crippen LogP contribution in [0.25, 0.3) is 0 Å². The maximum absolute atomic E-state index is 12.6. The zero-order valence-electron chi connectivity index (χ0n) is 12.8. The number of hydrogen-bond donors (Lipinski definition) is 1. The number of benzene rings is 1. The first-order valence-corrected chi connectivity index (χ1v) is 8.43. The number of nitrogens with zero attached hydrogens (tertiary/aromatic N) is 1. The van der Waals surface area contributed by atoms with Crippen molar-refractivity contribution in [3.05, 3.63) is 29.8 Å². The van der Waals surface area contributed by atoms with Gasteiger partial charge in [0.1, 0.15) is 0 Å². The molecule has 1 unspecified atom stereocenters. The Labute approximate surface area is 129 Å². The smallest absolute Gasteiger partial charge is 0.302 e. The molecule has 0 amide bonds. The van der Waals surface area contributed by atoms with E-state index in [0.29, 0.717) is 18.7 Å². The topological polar surface area (TPSA) is 49.4 Å². The Morgan fingerprint density at radius 1 is 1.32 bits per heavy atom. The molecule has 1 atom stereocenters. The van der Waals surface area contributed by atoms with E-state index in [4.69, 9.17) is 0 Å². The molecule has 4 nitrogen and oxygen atoms in total. The van der Waals surface area contributed by atoms with Crippen LogP contribution in [-0.4, -0.2) is 39.5 Å². The van der Waals surface area contributed by atoms with Gasteiger partial charge in [-0.05, 0) is 38.6 Å². The highest BCUT2D eigenvalue weighted by Gasteiger charge is 2.31. The van der Waals surface area contributed by atoms with Crippen molar-refractivity contribution in [2.75, 3.05) is 20.1 Å². The number of rotatable bonds is 7. The summed E-state index contributed by atoms with van der Waals surface area (Å²) in [5.41, 5.74) is -0.980. The summed E-state index contributed by atoms with van der Waals surface area (Å²) in [7, 11) is -2.08. The Hall–Kier alpha value is -1.12. The van der Waals surface area contributed by atoms with Crippen LogP contribution in [0.5, 0.6) is 0 Å². The van der Waals surface area contributed by atoms with Crippen molar-refractivity contribution < 1.29 is 21.6 Å². The summed E-state index contributed by atoms with van der Waals surface area (Å²) in [5.74, 6) is 0. The molecule has 0 aliphatic heterocycles. The van der Waals surface area contributed by atoms with Crippen LogP contribution in [0.3, 0.4) is 0 Å². The van der Waals surface area contributed by atoms with E-state index in [1.807, 2.05) is 25.8 Å². The van der Waals surface area contributed by atoms with Crippen LogP contribution in [0.2, 0.25) is 0 Å². The van der Waals surface area contributed by atoms with Crippen LogP contribution in [0.15, 0.2) is 29.2 Å². The predicted molar refractivity (Wildman–Crippen MR) is 79.0 cm³/mol. The second-order valence-electron chi connectivity index (χ2n) is 5.16. The van der Waals surface area contributed by atoms with Crippen LogP contribution < -0.4 is 4.72 Å². The third kappa shape index (κ3) is 5.26. The first kappa shape index (κ1) is 18.9. The van der Waals surface area contributed by atoms with E-state index in [0.717, 1.165) is 24.6 Å². The van der Waals surface area contributed by atoms with Gasteiger partial charge in [-0.15, -0.1) is 0 Å². The lowest BCUT2D eigenvalue weighted by Gasteiger charge is -2.23. The summed E-state index contributed by atoms with van der Waals surface area (Å²) in [6.45, 7) is 4.65. The first-order chi connectivity index (χ1) is 10.1. The van der Waals surface area contributed by atoms with Crippen LogP contribution in [0, 0.1) is 0 Å². The number of halogens is 3. The van der Waals surface area contributed by atoms with Crippen molar-refractivity contribution in [2.24, 2.45) is 0 Å². The first-order valence-electron chi connectivity index (χ1n) is 6.95. The summed E-state index contributed by atoms with van der Waals surface area (Å²) in [5, 5.41) is 0. The van der Waals surface area contributed by atoms with Crippen LogP contribution in [-0.2, 0) is 16.2 Å². The molecule has 0 aliphatic carbocycles. The normalized spacial score (nSPS) is 14.3. The monoisotopic (exact) mass is 338 g/mol. The molecule has 22 heavy (non-hydrogen) atoms. The quantitative estimate of drug-likeness (QED) is 0.832. The SMILES string of the molecule is CCC(C)N(C)CCNS(=O)(=O)c1cccc(C(F)(F)F)c1. The van der Waals surface area contributed by atoms with Gasteiger partial charge in [-0.2, -0.15) is 13.2 Å². The molecule has 1 rings (SSSR count). The van der Waals surface area contributed by atoms with Gasteiger partial charge in [-0.3, -0.25) is 0 Å². The third-order valence-corrected chi connectivity index (χ3v) is 5.03. The van der Waals surface area contributed by atoms with Gasteiger partial charge in [0.05, 0.1) is 10.5 Å². The summed E-state index contributed by atoms with van der Waals surface area (Å²) in [6, 6.07) is 4.02. The molecular formula is C14H21F3N2O2S. The second kappa shape index (κ2) is 7.43. The minimum Gasteiger partial charge on any atom is -0.302 e. The maximum atomic E-state index is 12.6. The zero-order chi connectivity index (χ0) is 17.0. The van der Waals surface area contributed by atoms with Crippen LogP contribution >= 0.6 is 0 Å². The molecule has 0 spiro atoms. The summed E-state index contributed by atoms with van der Waals surface area (Å²) >= 11 is 0. The fraction of sp³-hybridized carbons (Fsp3) is 0.571. The highest BCUT2D eigenvalue weighted by atomic mass is 32.2. The average molecular weight is 338 g/mol. The van der Waals surface area contributed by atoms with E-state index < -0.39 is 21.8 Å². The van der Waals surface area contributed by atoms with Gasteiger partial charge in [-0.1, -0.05) is 13.0 Å². The minimum atomic E-state index is -4.57. The van der Waals surface area contributed by atoms with Gasteiger partial charge in [0.15, 0.2) is 0 Å². The van der Waals surface area contributed by atoms with E-state index in [-0.39, 0.29) is 11.4 Å². The van der Waals surface area contributed by atoms with Crippen LogP contribution in [0.4, 0.5) is 13.2 Å². The molecule has 126 valence electrons. The molecule has 0 aromatic heterocycles. The Kier molecular flexibility index (Phi) is 6.39. The minimum absolute atomic E-state index is 0.138. The summed E-state index contributed by atoms with van der Waals surface area (Å²) in [6.07, 6.45) is -3.64. The van der Waals surface area contributed by atoms with Gasteiger partial charge in [-0.25, -0.2) is 13.1 Å².